The lowest BCUT2D eigenvalue weighted by Crippen LogP contribution is -1.83. The van der Waals surface area contributed by atoms with Crippen molar-refractivity contribution < 1.29 is 0 Å². The van der Waals surface area contributed by atoms with Crippen LogP contribution in [0, 0.1) is 10.5 Å². The third-order valence-electron chi connectivity index (χ3n) is 2.75. The third kappa shape index (κ3) is 1.95. The molecule has 0 radical (unpaired) electrons. The molecular weight excluding hydrogens is 323 g/mol. The monoisotopic (exact) mass is 334 g/mol. The van der Waals surface area contributed by atoms with E-state index in [2.05, 4.69) is 75.4 Å². The van der Waals surface area contributed by atoms with Crippen LogP contribution >= 0.6 is 22.6 Å². The quantitative estimate of drug-likeness (QED) is 0.617. The second kappa shape index (κ2) is 4.14. The maximum absolute atomic E-state index is 4.68. The average molecular weight is 334 g/mol. The van der Waals surface area contributed by atoms with E-state index in [0.717, 1.165) is 11.3 Å². The Bertz CT molecular complexity index is 686. The zero-order valence-corrected chi connectivity index (χ0v) is 11.5. The first-order valence-corrected chi connectivity index (χ1v) is 6.52. The highest BCUT2D eigenvalue weighted by Crippen LogP contribution is 2.22. The Hall–Kier alpha value is -1.36. The van der Waals surface area contributed by atoms with Crippen LogP contribution in [0.15, 0.2) is 48.8 Å². The molecule has 1 aromatic carbocycles. The van der Waals surface area contributed by atoms with E-state index in [1.54, 1.807) is 0 Å². The average Bonchev–Trinajstić information content (AvgIpc) is 2.74. The predicted molar refractivity (Wildman–Crippen MR) is 78.1 cm³/mol. The van der Waals surface area contributed by atoms with Gasteiger partial charge < -0.3 is 4.40 Å². The predicted octanol–water partition coefficient (Wildman–Crippen LogP) is 3.91. The van der Waals surface area contributed by atoms with Crippen LogP contribution in [-0.4, -0.2) is 9.38 Å². The van der Waals surface area contributed by atoms with E-state index < -0.39 is 0 Å². The van der Waals surface area contributed by atoms with Gasteiger partial charge in [0.25, 0.3) is 0 Å². The summed E-state index contributed by atoms with van der Waals surface area (Å²) in [5.41, 5.74) is 4.47. The number of pyridine rings is 1. The van der Waals surface area contributed by atoms with Crippen molar-refractivity contribution >= 4 is 28.2 Å². The summed E-state index contributed by atoms with van der Waals surface area (Å²) in [5.74, 6) is 0. The molecule has 0 aliphatic carbocycles. The second-order valence-corrected chi connectivity index (χ2v) is 5.24. The normalized spacial score (nSPS) is 10.9. The fourth-order valence-corrected chi connectivity index (χ4v) is 2.53. The van der Waals surface area contributed by atoms with Gasteiger partial charge in [0.05, 0.1) is 9.26 Å². The molecule has 84 valence electrons. The Labute approximate surface area is 113 Å². The number of hydrogen-bond acceptors (Lipinski definition) is 1. The summed E-state index contributed by atoms with van der Waals surface area (Å²) in [5, 5.41) is 0. The lowest BCUT2D eigenvalue weighted by Gasteiger charge is -1.96. The minimum atomic E-state index is 1.02. The van der Waals surface area contributed by atoms with Gasteiger partial charge in [0.2, 0.25) is 0 Å². The number of hydrogen-bond donors (Lipinski definition) is 0. The van der Waals surface area contributed by atoms with E-state index in [0.29, 0.717) is 0 Å². The number of halogens is 1. The van der Waals surface area contributed by atoms with E-state index in [1.165, 1.54) is 14.7 Å². The van der Waals surface area contributed by atoms with Gasteiger partial charge >= 0.3 is 0 Å². The van der Waals surface area contributed by atoms with Crippen molar-refractivity contribution in [3.63, 3.8) is 0 Å². The molecule has 0 spiro atoms. The summed E-state index contributed by atoms with van der Waals surface area (Å²) >= 11 is 2.31. The van der Waals surface area contributed by atoms with Gasteiger partial charge in [-0.05, 0) is 47.7 Å². The summed E-state index contributed by atoms with van der Waals surface area (Å²) in [6, 6.07) is 12.5. The molecule has 3 aromatic rings. The van der Waals surface area contributed by atoms with Crippen molar-refractivity contribution in [1.29, 1.82) is 0 Å². The number of nitrogens with zero attached hydrogens (tertiary/aromatic N) is 2. The molecule has 2 aromatic heterocycles. The Kier molecular flexibility index (Phi) is 2.63. The zero-order valence-electron chi connectivity index (χ0n) is 9.39. The Morgan fingerprint density at radius 3 is 2.82 bits per heavy atom. The SMILES string of the molecule is Cc1cccc(-c2cn3cccc(I)c3n2)c1. The van der Waals surface area contributed by atoms with Crippen LogP contribution in [0.4, 0.5) is 0 Å². The molecule has 0 aliphatic rings. The molecule has 0 saturated heterocycles. The van der Waals surface area contributed by atoms with Crippen LogP contribution in [0.1, 0.15) is 5.56 Å². The molecule has 0 bridgehead atoms. The van der Waals surface area contributed by atoms with Crippen LogP contribution in [0.3, 0.4) is 0 Å². The van der Waals surface area contributed by atoms with E-state index in [1.807, 2.05) is 12.3 Å². The highest BCUT2D eigenvalue weighted by atomic mass is 127. The van der Waals surface area contributed by atoms with E-state index >= 15 is 0 Å². The molecule has 3 rings (SSSR count). The van der Waals surface area contributed by atoms with Crippen molar-refractivity contribution in [2.45, 2.75) is 6.92 Å². The van der Waals surface area contributed by atoms with Gasteiger partial charge in [-0.25, -0.2) is 4.98 Å². The van der Waals surface area contributed by atoms with E-state index in [-0.39, 0.29) is 0 Å². The van der Waals surface area contributed by atoms with Crippen LogP contribution in [0.5, 0.6) is 0 Å². The first kappa shape index (κ1) is 10.8. The molecular formula is C14H11IN2. The molecule has 2 nitrogen and oxygen atoms in total. The molecule has 3 heteroatoms. The van der Waals surface area contributed by atoms with Gasteiger partial charge in [-0.3, -0.25) is 0 Å². The standard InChI is InChI=1S/C14H11IN2/c1-10-4-2-5-11(8-10)13-9-17-7-3-6-12(15)14(17)16-13/h2-9H,1H3. The van der Waals surface area contributed by atoms with Crippen LogP contribution in [0.2, 0.25) is 0 Å². The van der Waals surface area contributed by atoms with Crippen LogP contribution in [-0.2, 0) is 0 Å². The molecule has 0 saturated carbocycles. The molecule has 2 heterocycles. The largest absolute Gasteiger partial charge is 0.306 e. The van der Waals surface area contributed by atoms with Crippen molar-refractivity contribution in [3.8, 4) is 11.3 Å². The van der Waals surface area contributed by atoms with Gasteiger partial charge in [0.15, 0.2) is 5.65 Å². The topological polar surface area (TPSA) is 17.3 Å². The smallest absolute Gasteiger partial charge is 0.150 e. The molecule has 0 N–H and O–H groups in total. The van der Waals surface area contributed by atoms with Crippen molar-refractivity contribution in [2.75, 3.05) is 0 Å². The van der Waals surface area contributed by atoms with Crippen molar-refractivity contribution in [3.05, 3.63) is 57.9 Å². The number of benzene rings is 1. The molecule has 0 unspecified atom stereocenters. The highest BCUT2D eigenvalue weighted by Gasteiger charge is 2.06. The summed E-state index contributed by atoms with van der Waals surface area (Å²) in [6.45, 7) is 2.10. The zero-order chi connectivity index (χ0) is 11.8. The van der Waals surface area contributed by atoms with Gasteiger partial charge in [-0.15, -0.1) is 0 Å². The molecule has 0 fully saturated rings. The Morgan fingerprint density at radius 2 is 2.06 bits per heavy atom. The Morgan fingerprint density at radius 1 is 1.18 bits per heavy atom. The minimum Gasteiger partial charge on any atom is -0.306 e. The number of aromatic nitrogens is 2. The maximum atomic E-state index is 4.68. The molecule has 0 aliphatic heterocycles. The maximum Gasteiger partial charge on any atom is 0.150 e. The number of rotatable bonds is 1. The second-order valence-electron chi connectivity index (χ2n) is 4.08. The molecule has 17 heavy (non-hydrogen) atoms. The first-order chi connectivity index (χ1) is 8.24. The van der Waals surface area contributed by atoms with Gasteiger partial charge in [-0.2, -0.15) is 0 Å². The summed E-state index contributed by atoms with van der Waals surface area (Å²) < 4.78 is 3.24. The first-order valence-electron chi connectivity index (χ1n) is 5.44. The van der Waals surface area contributed by atoms with Crippen LogP contribution in [0.25, 0.3) is 16.9 Å². The molecule has 0 atom stereocenters. The highest BCUT2D eigenvalue weighted by molar-refractivity contribution is 14.1. The lowest BCUT2D eigenvalue weighted by atomic mass is 10.1. The van der Waals surface area contributed by atoms with E-state index in [4.69, 9.17) is 0 Å². The van der Waals surface area contributed by atoms with Gasteiger partial charge in [0, 0.05) is 18.0 Å². The van der Waals surface area contributed by atoms with E-state index in [9.17, 15) is 0 Å². The number of imidazole rings is 1. The number of aryl methyl sites for hydroxylation is 1. The fourth-order valence-electron chi connectivity index (χ4n) is 1.92. The lowest BCUT2D eigenvalue weighted by molar-refractivity contribution is 1.18. The van der Waals surface area contributed by atoms with Crippen molar-refractivity contribution in [1.82, 2.24) is 9.38 Å². The number of fused-ring (bicyclic) bond motifs is 1. The summed E-state index contributed by atoms with van der Waals surface area (Å²) in [4.78, 5) is 4.68. The fraction of sp³-hybridized carbons (Fsp3) is 0.0714. The third-order valence-corrected chi connectivity index (χ3v) is 3.59. The molecule has 0 amide bonds. The Balaban J connectivity index is 2.22. The van der Waals surface area contributed by atoms with Crippen LogP contribution < -0.4 is 0 Å². The van der Waals surface area contributed by atoms with Gasteiger partial charge in [0.1, 0.15) is 0 Å². The minimum absolute atomic E-state index is 1.02. The van der Waals surface area contributed by atoms with Crippen molar-refractivity contribution in [2.24, 2.45) is 0 Å². The summed E-state index contributed by atoms with van der Waals surface area (Å²) in [7, 11) is 0. The van der Waals surface area contributed by atoms with Gasteiger partial charge in [-0.1, -0.05) is 23.8 Å². The summed E-state index contributed by atoms with van der Waals surface area (Å²) in [6.07, 6.45) is 4.11.